The molecule has 1 N–H and O–H groups in total. The van der Waals surface area contributed by atoms with E-state index in [0.717, 1.165) is 32.5 Å². The van der Waals surface area contributed by atoms with Gasteiger partial charge in [0, 0.05) is 13.1 Å². The van der Waals surface area contributed by atoms with Crippen LogP contribution in [0, 0.1) is 5.41 Å². The summed E-state index contributed by atoms with van der Waals surface area (Å²) in [6.45, 7) is 3.74. The van der Waals surface area contributed by atoms with Gasteiger partial charge in [-0.05, 0) is 69.8 Å². The highest BCUT2D eigenvalue weighted by Gasteiger charge is 2.37. The fourth-order valence-corrected chi connectivity index (χ4v) is 4.40. The number of H-pyrrole nitrogens is 1. The van der Waals surface area contributed by atoms with E-state index < -0.39 is 5.56 Å². The number of likely N-dealkylation sites (tertiary alicyclic amines) is 2. The minimum Gasteiger partial charge on any atom is -0.337 e. The zero-order chi connectivity index (χ0) is 18.1. The Morgan fingerprint density at radius 2 is 1.81 bits per heavy atom. The fraction of sp³-hybridized carbons (Fsp3) is 0.550. The highest BCUT2D eigenvalue weighted by molar-refractivity contribution is 5.93. The van der Waals surface area contributed by atoms with Crippen LogP contribution in [-0.4, -0.2) is 58.9 Å². The Kier molecular flexibility index (Phi) is 4.53. The van der Waals surface area contributed by atoms with E-state index >= 15 is 0 Å². The molecule has 6 nitrogen and oxygen atoms in total. The van der Waals surface area contributed by atoms with E-state index in [9.17, 15) is 9.59 Å². The van der Waals surface area contributed by atoms with Crippen LogP contribution in [0.5, 0.6) is 0 Å². The summed E-state index contributed by atoms with van der Waals surface area (Å²) < 4.78 is 0. The first-order chi connectivity index (χ1) is 12.6. The van der Waals surface area contributed by atoms with Crippen molar-refractivity contribution >= 4 is 16.9 Å². The third-order valence-electron chi connectivity index (χ3n) is 6.18. The molecule has 6 heteroatoms. The summed E-state index contributed by atoms with van der Waals surface area (Å²) in [5, 5.41) is 0. The van der Waals surface area contributed by atoms with Crippen LogP contribution in [0.3, 0.4) is 0 Å². The van der Waals surface area contributed by atoms with Crippen molar-refractivity contribution in [1.82, 2.24) is 19.8 Å². The lowest BCUT2D eigenvalue weighted by atomic mass is 9.73. The van der Waals surface area contributed by atoms with Gasteiger partial charge in [0.2, 0.25) is 0 Å². The van der Waals surface area contributed by atoms with Crippen LogP contribution < -0.4 is 5.56 Å². The second kappa shape index (κ2) is 6.83. The predicted molar refractivity (Wildman–Crippen MR) is 101 cm³/mol. The van der Waals surface area contributed by atoms with E-state index in [1.54, 1.807) is 6.07 Å². The summed E-state index contributed by atoms with van der Waals surface area (Å²) >= 11 is 0. The van der Waals surface area contributed by atoms with E-state index in [0.29, 0.717) is 16.4 Å². The highest BCUT2D eigenvalue weighted by atomic mass is 16.2. The van der Waals surface area contributed by atoms with Gasteiger partial charge in [-0.2, -0.15) is 0 Å². The normalized spacial score (nSPS) is 21.0. The summed E-state index contributed by atoms with van der Waals surface area (Å²) in [4.78, 5) is 36.5. The number of para-hydroxylation sites is 2. The van der Waals surface area contributed by atoms with Gasteiger partial charge in [0.15, 0.2) is 5.69 Å². The van der Waals surface area contributed by atoms with Gasteiger partial charge in [0.1, 0.15) is 0 Å². The van der Waals surface area contributed by atoms with Gasteiger partial charge in [-0.25, -0.2) is 4.98 Å². The Morgan fingerprint density at radius 3 is 2.62 bits per heavy atom. The number of hydrogen-bond donors (Lipinski definition) is 1. The number of carbonyl (C=O) groups is 1. The van der Waals surface area contributed by atoms with Gasteiger partial charge < -0.3 is 14.8 Å². The lowest BCUT2D eigenvalue weighted by molar-refractivity contribution is 0.0536. The van der Waals surface area contributed by atoms with Crippen molar-refractivity contribution in [1.29, 1.82) is 0 Å². The lowest BCUT2D eigenvalue weighted by Gasteiger charge is -2.41. The van der Waals surface area contributed by atoms with E-state index in [2.05, 4.69) is 21.9 Å². The molecule has 2 aliphatic heterocycles. The number of nitrogens with one attached hydrogen (secondary N) is 1. The zero-order valence-electron chi connectivity index (χ0n) is 15.3. The summed E-state index contributed by atoms with van der Waals surface area (Å²) in [6.07, 6.45) is 5.74. The maximum Gasteiger partial charge on any atom is 0.280 e. The SMILES string of the molecule is CN1CCCC2(CC1)CCN(C(=O)c1nc3ccccc3[nH]c1=O)CC2. The van der Waals surface area contributed by atoms with Crippen LogP contribution in [0.4, 0.5) is 0 Å². The van der Waals surface area contributed by atoms with Crippen LogP contribution in [0.15, 0.2) is 29.1 Å². The first kappa shape index (κ1) is 17.2. The molecule has 0 bridgehead atoms. The van der Waals surface area contributed by atoms with Gasteiger partial charge in [-0.1, -0.05) is 12.1 Å². The quantitative estimate of drug-likeness (QED) is 0.853. The Hall–Kier alpha value is -2.21. The number of benzene rings is 1. The first-order valence-electron chi connectivity index (χ1n) is 9.53. The van der Waals surface area contributed by atoms with Crippen molar-refractivity contribution in [3.63, 3.8) is 0 Å². The minimum atomic E-state index is -0.398. The van der Waals surface area contributed by atoms with Crippen molar-refractivity contribution in [3.05, 3.63) is 40.3 Å². The van der Waals surface area contributed by atoms with Crippen LogP contribution in [0.1, 0.15) is 42.6 Å². The molecule has 3 heterocycles. The molecule has 0 unspecified atom stereocenters. The van der Waals surface area contributed by atoms with E-state index in [4.69, 9.17) is 0 Å². The first-order valence-corrected chi connectivity index (χ1v) is 9.53. The second-order valence-electron chi connectivity index (χ2n) is 7.88. The molecule has 0 radical (unpaired) electrons. The zero-order valence-corrected chi connectivity index (χ0v) is 15.3. The van der Waals surface area contributed by atoms with Gasteiger partial charge in [-0.15, -0.1) is 0 Å². The number of nitrogens with zero attached hydrogens (tertiary/aromatic N) is 3. The molecular weight excluding hydrogens is 328 g/mol. The molecule has 2 aromatic rings. The summed E-state index contributed by atoms with van der Waals surface area (Å²) in [5.41, 5.74) is 1.29. The molecule has 1 spiro atoms. The topological polar surface area (TPSA) is 69.3 Å². The monoisotopic (exact) mass is 354 g/mol. The number of fused-ring (bicyclic) bond motifs is 1. The van der Waals surface area contributed by atoms with Crippen molar-refractivity contribution in [2.45, 2.75) is 32.1 Å². The highest BCUT2D eigenvalue weighted by Crippen LogP contribution is 2.41. The van der Waals surface area contributed by atoms with Crippen LogP contribution >= 0.6 is 0 Å². The van der Waals surface area contributed by atoms with Crippen molar-refractivity contribution in [3.8, 4) is 0 Å². The molecular formula is C20H26N4O2. The number of piperidine rings is 1. The second-order valence-corrected chi connectivity index (χ2v) is 7.88. The van der Waals surface area contributed by atoms with E-state index in [1.807, 2.05) is 23.1 Å². The van der Waals surface area contributed by atoms with Crippen LogP contribution in [0.2, 0.25) is 0 Å². The van der Waals surface area contributed by atoms with Crippen molar-refractivity contribution < 1.29 is 4.79 Å². The average Bonchev–Trinajstić information content (AvgIpc) is 2.83. The third-order valence-corrected chi connectivity index (χ3v) is 6.18. The summed E-state index contributed by atoms with van der Waals surface area (Å²) in [5.74, 6) is -0.238. The standard InChI is InChI=1S/C20H26N4O2/c1-23-11-4-7-20(8-12-23)9-13-24(14-10-20)19(26)17-18(25)22-16-6-3-2-5-15(16)21-17/h2-3,5-6H,4,7-14H2,1H3,(H,22,25). The molecule has 2 fully saturated rings. The molecule has 1 aromatic carbocycles. The molecule has 2 saturated heterocycles. The molecule has 0 saturated carbocycles. The maximum absolute atomic E-state index is 12.9. The summed E-state index contributed by atoms with van der Waals surface area (Å²) in [7, 11) is 2.19. The molecule has 1 amide bonds. The average molecular weight is 354 g/mol. The predicted octanol–water partition coefficient (Wildman–Crippen LogP) is 2.26. The third kappa shape index (κ3) is 3.26. The molecule has 138 valence electrons. The molecule has 26 heavy (non-hydrogen) atoms. The number of aromatic nitrogens is 2. The van der Waals surface area contributed by atoms with E-state index in [-0.39, 0.29) is 11.6 Å². The lowest BCUT2D eigenvalue weighted by Crippen LogP contribution is -2.45. The molecule has 1 aromatic heterocycles. The number of rotatable bonds is 1. The summed E-state index contributed by atoms with van der Waals surface area (Å²) in [6, 6.07) is 7.31. The maximum atomic E-state index is 12.9. The number of carbonyl (C=O) groups excluding carboxylic acids is 1. The van der Waals surface area contributed by atoms with Gasteiger partial charge in [0.25, 0.3) is 11.5 Å². The largest absolute Gasteiger partial charge is 0.337 e. The van der Waals surface area contributed by atoms with Gasteiger partial charge >= 0.3 is 0 Å². The molecule has 0 aliphatic carbocycles. The number of hydrogen-bond acceptors (Lipinski definition) is 4. The number of aromatic amines is 1. The molecule has 0 atom stereocenters. The Morgan fingerprint density at radius 1 is 1.08 bits per heavy atom. The smallest absolute Gasteiger partial charge is 0.280 e. The Bertz CT molecular complexity index is 867. The van der Waals surface area contributed by atoms with Crippen LogP contribution in [0.25, 0.3) is 11.0 Å². The van der Waals surface area contributed by atoms with Gasteiger partial charge in [0.05, 0.1) is 11.0 Å². The van der Waals surface area contributed by atoms with E-state index in [1.165, 1.54) is 25.8 Å². The molecule has 4 rings (SSSR count). The van der Waals surface area contributed by atoms with Crippen LogP contribution in [-0.2, 0) is 0 Å². The fourth-order valence-electron chi connectivity index (χ4n) is 4.40. The minimum absolute atomic E-state index is 0.0141. The Balaban J connectivity index is 1.50. The molecule has 2 aliphatic rings. The number of amides is 1. The Labute approximate surface area is 153 Å². The van der Waals surface area contributed by atoms with Crippen molar-refractivity contribution in [2.75, 3.05) is 33.2 Å². The van der Waals surface area contributed by atoms with Gasteiger partial charge in [-0.3, -0.25) is 9.59 Å². The van der Waals surface area contributed by atoms with Crippen molar-refractivity contribution in [2.24, 2.45) is 5.41 Å².